The highest BCUT2D eigenvalue weighted by atomic mass is 32.2. The highest BCUT2D eigenvalue weighted by Gasteiger charge is 2.32. The fraction of sp³-hybridized carbons (Fsp3) is 0.611. The van der Waals surface area contributed by atoms with Crippen LogP contribution in [0, 0.1) is 0 Å². The van der Waals surface area contributed by atoms with Crippen LogP contribution in [-0.4, -0.2) is 75.5 Å². The van der Waals surface area contributed by atoms with E-state index in [0.29, 0.717) is 11.6 Å². The maximum absolute atomic E-state index is 12.8. The third kappa shape index (κ3) is 3.93. The van der Waals surface area contributed by atoms with E-state index in [1.807, 2.05) is 4.90 Å². The normalized spacial score (nSPS) is 24.8. The molecule has 2 saturated heterocycles. The summed E-state index contributed by atoms with van der Waals surface area (Å²) in [5, 5.41) is 3.35. The SMILES string of the molecule is O=C(c1ccc(S(=O)(=O)NC2CC2)cc1)N1CCC(N2CCNCC2)C1. The van der Waals surface area contributed by atoms with Crippen LogP contribution in [0.5, 0.6) is 0 Å². The second-order valence-corrected chi connectivity index (χ2v) is 9.11. The molecule has 7 nitrogen and oxygen atoms in total. The Hall–Kier alpha value is -1.48. The Balaban J connectivity index is 1.39. The molecule has 2 heterocycles. The Morgan fingerprint density at radius 3 is 2.38 bits per heavy atom. The molecule has 0 bridgehead atoms. The van der Waals surface area contributed by atoms with Gasteiger partial charge in [0.05, 0.1) is 4.90 Å². The van der Waals surface area contributed by atoms with Crippen LogP contribution >= 0.6 is 0 Å². The van der Waals surface area contributed by atoms with Crippen molar-refractivity contribution in [3.05, 3.63) is 29.8 Å². The Morgan fingerprint density at radius 2 is 1.73 bits per heavy atom. The van der Waals surface area contributed by atoms with Gasteiger partial charge in [-0.25, -0.2) is 13.1 Å². The van der Waals surface area contributed by atoms with Gasteiger partial charge in [0, 0.05) is 56.9 Å². The zero-order chi connectivity index (χ0) is 18.1. The topological polar surface area (TPSA) is 81.8 Å². The summed E-state index contributed by atoms with van der Waals surface area (Å²) >= 11 is 0. The number of nitrogens with one attached hydrogen (secondary N) is 2. The average molecular weight is 378 g/mol. The van der Waals surface area contributed by atoms with Crippen molar-refractivity contribution in [2.45, 2.75) is 36.2 Å². The molecular formula is C18H26N4O3S. The van der Waals surface area contributed by atoms with E-state index in [1.165, 1.54) is 12.1 Å². The van der Waals surface area contributed by atoms with Gasteiger partial charge in [-0.2, -0.15) is 0 Å². The van der Waals surface area contributed by atoms with Crippen molar-refractivity contribution in [1.82, 2.24) is 19.8 Å². The van der Waals surface area contributed by atoms with E-state index in [9.17, 15) is 13.2 Å². The molecule has 1 aromatic rings. The van der Waals surface area contributed by atoms with Gasteiger partial charge in [-0.1, -0.05) is 0 Å². The second-order valence-electron chi connectivity index (χ2n) is 7.40. The van der Waals surface area contributed by atoms with Crippen molar-refractivity contribution in [3.63, 3.8) is 0 Å². The largest absolute Gasteiger partial charge is 0.337 e. The van der Waals surface area contributed by atoms with E-state index in [2.05, 4.69) is 14.9 Å². The maximum atomic E-state index is 12.8. The predicted octanol–water partition coefficient (Wildman–Crippen LogP) is 0.247. The van der Waals surface area contributed by atoms with Crippen molar-refractivity contribution >= 4 is 15.9 Å². The standard InChI is InChI=1S/C18H26N4O3S/c23-18(22-10-7-16(13-22)21-11-8-19-9-12-21)14-1-5-17(6-2-14)26(24,25)20-15-3-4-15/h1-2,5-6,15-16,19-20H,3-4,7-13H2. The molecule has 0 spiro atoms. The minimum Gasteiger partial charge on any atom is -0.337 e. The van der Waals surface area contributed by atoms with Gasteiger partial charge in [-0.15, -0.1) is 0 Å². The number of piperazine rings is 1. The molecule has 2 aliphatic heterocycles. The summed E-state index contributed by atoms with van der Waals surface area (Å²) < 4.78 is 27.1. The van der Waals surface area contributed by atoms with Gasteiger partial charge in [0.2, 0.25) is 10.0 Å². The summed E-state index contributed by atoms with van der Waals surface area (Å²) in [4.78, 5) is 17.3. The molecule has 4 rings (SSSR count). The van der Waals surface area contributed by atoms with Crippen LogP contribution in [0.2, 0.25) is 0 Å². The molecule has 0 aromatic heterocycles. The van der Waals surface area contributed by atoms with Crippen molar-refractivity contribution in [1.29, 1.82) is 0 Å². The van der Waals surface area contributed by atoms with Crippen LogP contribution in [0.3, 0.4) is 0 Å². The molecule has 1 aliphatic carbocycles. The summed E-state index contributed by atoms with van der Waals surface area (Å²) in [6, 6.07) is 6.82. The first-order chi connectivity index (χ1) is 12.5. The zero-order valence-corrected chi connectivity index (χ0v) is 15.7. The minimum atomic E-state index is -3.47. The highest BCUT2D eigenvalue weighted by Crippen LogP contribution is 2.23. The van der Waals surface area contributed by atoms with Crippen molar-refractivity contribution in [2.24, 2.45) is 0 Å². The quantitative estimate of drug-likeness (QED) is 0.768. The van der Waals surface area contributed by atoms with Crippen LogP contribution in [0.4, 0.5) is 0 Å². The molecule has 1 atom stereocenters. The van der Waals surface area contributed by atoms with E-state index in [0.717, 1.165) is 58.5 Å². The van der Waals surface area contributed by atoms with Crippen molar-refractivity contribution < 1.29 is 13.2 Å². The molecule has 1 amide bonds. The summed E-state index contributed by atoms with van der Waals surface area (Å²) in [5.74, 6) is -0.0123. The third-order valence-electron chi connectivity index (χ3n) is 5.43. The lowest BCUT2D eigenvalue weighted by Crippen LogP contribution is -2.49. The number of carbonyl (C=O) groups is 1. The molecule has 8 heteroatoms. The molecule has 142 valence electrons. The Kier molecular flexibility index (Phi) is 5.00. The van der Waals surface area contributed by atoms with Crippen LogP contribution in [-0.2, 0) is 10.0 Å². The fourth-order valence-electron chi connectivity index (χ4n) is 3.72. The zero-order valence-electron chi connectivity index (χ0n) is 14.9. The monoisotopic (exact) mass is 378 g/mol. The van der Waals surface area contributed by atoms with Gasteiger partial charge in [-0.3, -0.25) is 9.69 Å². The summed E-state index contributed by atoms with van der Waals surface area (Å²) in [5.41, 5.74) is 0.552. The molecule has 1 unspecified atom stereocenters. The van der Waals surface area contributed by atoms with E-state index >= 15 is 0 Å². The van der Waals surface area contributed by atoms with E-state index in [4.69, 9.17) is 0 Å². The van der Waals surface area contributed by atoms with Gasteiger partial charge in [-0.05, 0) is 43.5 Å². The number of rotatable bonds is 5. The van der Waals surface area contributed by atoms with Crippen LogP contribution in [0.15, 0.2) is 29.2 Å². The molecule has 1 saturated carbocycles. The summed E-state index contributed by atoms with van der Waals surface area (Å²) in [6.45, 7) is 5.60. The molecule has 2 N–H and O–H groups in total. The number of hydrogen-bond acceptors (Lipinski definition) is 5. The minimum absolute atomic E-state index is 0.0123. The molecular weight excluding hydrogens is 352 g/mol. The van der Waals surface area contributed by atoms with E-state index in [1.54, 1.807) is 12.1 Å². The van der Waals surface area contributed by atoms with Gasteiger partial charge in [0.15, 0.2) is 0 Å². The lowest BCUT2D eigenvalue weighted by molar-refractivity contribution is 0.0773. The van der Waals surface area contributed by atoms with Crippen LogP contribution < -0.4 is 10.0 Å². The van der Waals surface area contributed by atoms with E-state index in [-0.39, 0.29) is 16.8 Å². The Morgan fingerprint density at radius 1 is 1.04 bits per heavy atom. The fourth-order valence-corrected chi connectivity index (χ4v) is 5.02. The number of nitrogens with zero attached hydrogens (tertiary/aromatic N) is 2. The molecule has 26 heavy (non-hydrogen) atoms. The second kappa shape index (κ2) is 7.26. The lowest BCUT2D eigenvalue weighted by Gasteiger charge is -2.32. The van der Waals surface area contributed by atoms with Crippen LogP contribution in [0.25, 0.3) is 0 Å². The number of amides is 1. The number of carbonyl (C=O) groups excluding carboxylic acids is 1. The molecule has 0 radical (unpaired) electrons. The molecule has 1 aromatic carbocycles. The lowest BCUT2D eigenvalue weighted by atomic mass is 10.2. The summed E-state index contributed by atoms with van der Waals surface area (Å²) in [6.07, 6.45) is 2.81. The first kappa shape index (κ1) is 17.9. The molecule has 3 aliphatic rings. The number of benzene rings is 1. The Labute approximate surface area is 154 Å². The number of sulfonamides is 1. The van der Waals surface area contributed by atoms with Gasteiger partial charge in [0.1, 0.15) is 0 Å². The smallest absolute Gasteiger partial charge is 0.253 e. The first-order valence-electron chi connectivity index (χ1n) is 9.39. The van der Waals surface area contributed by atoms with Gasteiger partial charge in [0.25, 0.3) is 5.91 Å². The van der Waals surface area contributed by atoms with E-state index < -0.39 is 10.0 Å². The Bertz CT molecular complexity index is 755. The summed E-state index contributed by atoms with van der Waals surface area (Å²) in [7, 11) is -3.47. The molecule has 3 fully saturated rings. The number of likely N-dealkylation sites (tertiary alicyclic amines) is 1. The van der Waals surface area contributed by atoms with Gasteiger partial charge < -0.3 is 10.2 Å². The van der Waals surface area contributed by atoms with Crippen LogP contribution in [0.1, 0.15) is 29.6 Å². The first-order valence-corrected chi connectivity index (χ1v) is 10.9. The van der Waals surface area contributed by atoms with Crippen molar-refractivity contribution in [3.8, 4) is 0 Å². The maximum Gasteiger partial charge on any atom is 0.253 e. The van der Waals surface area contributed by atoms with Gasteiger partial charge >= 0.3 is 0 Å². The third-order valence-corrected chi connectivity index (χ3v) is 6.97. The van der Waals surface area contributed by atoms with Crippen molar-refractivity contribution in [2.75, 3.05) is 39.3 Å². The average Bonchev–Trinajstić information content (AvgIpc) is 3.32. The number of hydrogen-bond donors (Lipinski definition) is 2. The predicted molar refractivity (Wildman–Crippen MR) is 98.5 cm³/mol. The highest BCUT2D eigenvalue weighted by molar-refractivity contribution is 7.89.